The zero-order valence-electron chi connectivity index (χ0n) is 16.2. The van der Waals surface area contributed by atoms with Crippen LogP contribution >= 0.6 is 0 Å². The molecule has 10 heteroatoms. The number of aliphatic hydroxyl groups is 4. The highest BCUT2D eigenvalue weighted by Crippen LogP contribution is 2.34. The van der Waals surface area contributed by atoms with E-state index in [1.165, 1.54) is 0 Å². The van der Waals surface area contributed by atoms with Crippen molar-refractivity contribution in [3.8, 4) is 0 Å². The Morgan fingerprint density at radius 1 is 0.889 bits per heavy atom. The van der Waals surface area contributed by atoms with Gasteiger partial charge in [-0.25, -0.2) is 9.59 Å². The molecule has 0 aliphatic heterocycles. The van der Waals surface area contributed by atoms with Crippen molar-refractivity contribution in [2.75, 3.05) is 13.2 Å². The van der Waals surface area contributed by atoms with Gasteiger partial charge < -0.3 is 30.1 Å². The van der Waals surface area contributed by atoms with Gasteiger partial charge in [0.2, 0.25) is 0 Å². The van der Waals surface area contributed by atoms with Gasteiger partial charge in [-0.1, -0.05) is 20.8 Å². The Balaban J connectivity index is 4.63. The number of carbonyl (C=O) groups is 2. The van der Waals surface area contributed by atoms with E-state index in [4.69, 9.17) is 11.8 Å². The van der Waals surface area contributed by atoms with Crippen molar-refractivity contribution in [3.05, 3.63) is 0 Å². The van der Waals surface area contributed by atoms with Crippen LogP contribution in [-0.2, 0) is 19.3 Å². The summed E-state index contributed by atoms with van der Waals surface area (Å²) >= 11 is 0. The second-order valence-electron chi connectivity index (χ2n) is 7.84. The van der Waals surface area contributed by atoms with Crippen LogP contribution in [-0.4, -0.2) is 57.8 Å². The maximum Gasteiger partial charge on any atom is 0.332 e. The van der Waals surface area contributed by atoms with E-state index in [1.54, 1.807) is 0 Å². The zero-order chi connectivity index (χ0) is 21.2. The maximum atomic E-state index is 11.5. The molecule has 0 aliphatic carbocycles. The first-order valence-electron chi connectivity index (χ1n) is 8.91. The van der Waals surface area contributed by atoms with Crippen LogP contribution in [0.2, 0.25) is 0 Å². The first-order chi connectivity index (χ1) is 12.5. The molecular weight excluding hydrogens is 360 g/mol. The molecule has 0 aliphatic rings. The van der Waals surface area contributed by atoms with Crippen molar-refractivity contribution < 1.29 is 39.7 Å². The van der Waals surface area contributed by atoms with Crippen LogP contribution in [0.1, 0.15) is 46.5 Å². The number of aliphatic hydroxyl groups excluding tert-OH is 4. The standard InChI is InChI=1S/C17H34N2O8/c1-10(4-5-13(22)11(8-20)15(24)26-18)6-17(2,3)7-14(23)12(9-21)16(25)27-19/h10-14,20-23H,4-9,18-19H2,1-3H3. The molecule has 27 heavy (non-hydrogen) atoms. The predicted octanol–water partition coefficient (Wildman–Crippen LogP) is -1.02. The summed E-state index contributed by atoms with van der Waals surface area (Å²) in [6, 6.07) is 0. The summed E-state index contributed by atoms with van der Waals surface area (Å²) in [7, 11) is 0. The molecule has 5 atom stereocenters. The van der Waals surface area contributed by atoms with Crippen LogP contribution in [0.15, 0.2) is 0 Å². The molecule has 0 bridgehead atoms. The zero-order valence-corrected chi connectivity index (χ0v) is 16.2. The molecule has 0 aromatic rings. The van der Waals surface area contributed by atoms with E-state index in [9.17, 15) is 30.0 Å². The molecule has 0 saturated carbocycles. The first-order valence-corrected chi connectivity index (χ1v) is 8.91. The first kappa shape index (κ1) is 25.7. The Bertz CT molecular complexity index is 460. The van der Waals surface area contributed by atoms with Gasteiger partial charge in [0.15, 0.2) is 0 Å². The minimum atomic E-state index is -1.11. The highest BCUT2D eigenvalue weighted by Gasteiger charge is 2.34. The molecule has 0 fully saturated rings. The fourth-order valence-electron chi connectivity index (χ4n) is 3.37. The van der Waals surface area contributed by atoms with Crippen molar-refractivity contribution >= 4 is 11.9 Å². The molecule has 0 saturated heterocycles. The Kier molecular flexibility index (Phi) is 11.6. The van der Waals surface area contributed by atoms with Gasteiger partial charge in [0.05, 0.1) is 25.4 Å². The van der Waals surface area contributed by atoms with Crippen molar-refractivity contribution in [2.45, 2.75) is 58.7 Å². The third-order valence-corrected chi connectivity index (χ3v) is 4.78. The van der Waals surface area contributed by atoms with Crippen LogP contribution in [0, 0.1) is 23.2 Å². The molecular formula is C17H34N2O8. The number of carbonyl (C=O) groups excluding carboxylic acids is 2. The van der Waals surface area contributed by atoms with E-state index in [0.717, 1.165) is 0 Å². The topological polar surface area (TPSA) is 186 Å². The molecule has 8 N–H and O–H groups in total. The molecule has 0 rings (SSSR count). The summed E-state index contributed by atoms with van der Waals surface area (Å²) in [6.45, 7) is 4.63. The van der Waals surface area contributed by atoms with Crippen LogP contribution in [0.4, 0.5) is 0 Å². The second kappa shape index (κ2) is 12.2. The average molecular weight is 394 g/mol. The fraction of sp³-hybridized carbons (Fsp3) is 0.882. The fourth-order valence-corrected chi connectivity index (χ4v) is 3.37. The van der Waals surface area contributed by atoms with Crippen molar-refractivity contribution in [2.24, 2.45) is 35.0 Å². The molecule has 0 heterocycles. The number of rotatable bonds is 13. The lowest BCUT2D eigenvalue weighted by atomic mass is 9.75. The van der Waals surface area contributed by atoms with Gasteiger partial charge in [-0.05, 0) is 37.0 Å². The number of hydrogen-bond donors (Lipinski definition) is 6. The Morgan fingerprint density at radius 3 is 1.74 bits per heavy atom. The quantitative estimate of drug-likeness (QED) is 0.211. The van der Waals surface area contributed by atoms with E-state index >= 15 is 0 Å². The summed E-state index contributed by atoms with van der Waals surface area (Å²) < 4.78 is 0. The molecule has 0 amide bonds. The molecule has 0 aromatic carbocycles. The molecule has 10 nitrogen and oxygen atoms in total. The Labute approximate surface area is 159 Å². The van der Waals surface area contributed by atoms with Crippen LogP contribution in [0.3, 0.4) is 0 Å². The van der Waals surface area contributed by atoms with Gasteiger partial charge in [0, 0.05) is 0 Å². The van der Waals surface area contributed by atoms with Gasteiger partial charge in [-0.3, -0.25) is 0 Å². The summed E-state index contributed by atoms with van der Waals surface area (Å²) in [6.07, 6.45) is -0.490. The smallest absolute Gasteiger partial charge is 0.332 e. The van der Waals surface area contributed by atoms with E-state index in [2.05, 4.69) is 9.68 Å². The molecule has 0 radical (unpaired) electrons. The van der Waals surface area contributed by atoms with Crippen LogP contribution in [0.5, 0.6) is 0 Å². The number of hydrogen-bond acceptors (Lipinski definition) is 10. The van der Waals surface area contributed by atoms with Crippen LogP contribution < -0.4 is 11.8 Å². The van der Waals surface area contributed by atoms with E-state index < -0.39 is 49.2 Å². The average Bonchev–Trinajstić information content (AvgIpc) is 2.59. The minimum absolute atomic E-state index is 0.115. The summed E-state index contributed by atoms with van der Waals surface area (Å²) in [5.74, 6) is 5.76. The van der Waals surface area contributed by atoms with Gasteiger partial charge in [0.25, 0.3) is 0 Å². The normalized spacial score (nSPS) is 17.5. The summed E-state index contributed by atoms with van der Waals surface area (Å²) in [5.41, 5.74) is -0.376. The lowest BCUT2D eigenvalue weighted by Crippen LogP contribution is -2.37. The summed E-state index contributed by atoms with van der Waals surface area (Å²) in [5, 5.41) is 38.7. The highest BCUT2D eigenvalue weighted by atomic mass is 16.7. The van der Waals surface area contributed by atoms with Gasteiger partial charge in [0.1, 0.15) is 11.8 Å². The SMILES string of the molecule is CC(CCC(O)C(CO)C(=O)ON)CC(C)(C)CC(O)C(CO)C(=O)ON. The maximum absolute atomic E-state index is 11.5. The predicted molar refractivity (Wildman–Crippen MR) is 95.1 cm³/mol. The largest absolute Gasteiger partial charge is 0.395 e. The molecule has 0 spiro atoms. The lowest BCUT2D eigenvalue weighted by Gasteiger charge is -2.32. The van der Waals surface area contributed by atoms with Gasteiger partial charge in [-0.15, -0.1) is 0 Å². The van der Waals surface area contributed by atoms with E-state index in [0.29, 0.717) is 12.8 Å². The second-order valence-corrected chi connectivity index (χ2v) is 7.84. The molecule has 0 aromatic heterocycles. The van der Waals surface area contributed by atoms with E-state index in [-0.39, 0.29) is 24.2 Å². The van der Waals surface area contributed by atoms with Crippen LogP contribution in [0.25, 0.3) is 0 Å². The van der Waals surface area contributed by atoms with Crippen molar-refractivity contribution in [1.29, 1.82) is 0 Å². The third-order valence-electron chi connectivity index (χ3n) is 4.78. The third kappa shape index (κ3) is 8.96. The summed E-state index contributed by atoms with van der Waals surface area (Å²) in [4.78, 5) is 31.0. The monoisotopic (exact) mass is 394 g/mol. The lowest BCUT2D eigenvalue weighted by molar-refractivity contribution is -0.157. The Hall–Kier alpha value is -1.30. The van der Waals surface area contributed by atoms with Crippen molar-refractivity contribution in [3.63, 3.8) is 0 Å². The minimum Gasteiger partial charge on any atom is -0.395 e. The number of nitrogens with two attached hydrogens (primary N) is 2. The van der Waals surface area contributed by atoms with Gasteiger partial charge >= 0.3 is 11.9 Å². The molecule has 160 valence electrons. The highest BCUT2D eigenvalue weighted by molar-refractivity contribution is 5.73. The van der Waals surface area contributed by atoms with Crippen molar-refractivity contribution in [1.82, 2.24) is 0 Å². The Morgan fingerprint density at radius 2 is 1.33 bits per heavy atom. The van der Waals surface area contributed by atoms with Gasteiger partial charge in [-0.2, -0.15) is 11.8 Å². The molecule has 5 unspecified atom stereocenters. The van der Waals surface area contributed by atoms with E-state index in [1.807, 2.05) is 20.8 Å².